The molecule has 140 valence electrons. The molecule has 0 saturated heterocycles. The predicted molar refractivity (Wildman–Crippen MR) is 106 cm³/mol. The van der Waals surface area contributed by atoms with Crippen LogP contribution in [-0.2, 0) is 19.3 Å². The average molecular weight is 391 g/mol. The largest absolute Gasteiger partial charge is 0.351 e. The van der Waals surface area contributed by atoms with Crippen LogP contribution in [0.3, 0.4) is 0 Å². The summed E-state index contributed by atoms with van der Waals surface area (Å²) in [5, 5.41) is 12.9. The molecule has 2 heterocycles. The lowest BCUT2D eigenvalue weighted by atomic mass is 10.2. The van der Waals surface area contributed by atoms with Crippen LogP contribution in [-0.4, -0.2) is 33.5 Å². The number of carbonyl (C=O) groups is 1. The van der Waals surface area contributed by atoms with E-state index in [1.54, 1.807) is 23.1 Å². The van der Waals surface area contributed by atoms with Crippen molar-refractivity contribution in [2.24, 2.45) is 0 Å². The Morgan fingerprint density at radius 1 is 1.31 bits per heavy atom. The molecule has 2 aromatic rings. The third-order valence-corrected chi connectivity index (χ3v) is 7.32. The van der Waals surface area contributed by atoms with Crippen molar-refractivity contribution in [3.8, 4) is 0 Å². The second kappa shape index (κ2) is 8.13. The van der Waals surface area contributed by atoms with Crippen LogP contribution in [0.4, 0.5) is 0 Å². The van der Waals surface area contributed by atoms with Gasteiger partial charge in [0.25, 0.3) is 5.91 Å². The van der Waals surface area contributed by atoms with Crippen LogP contribution in [0.5, 0.6) is 0 Å². The lowest BCUT2D eigenvalue weighted by molar-refractivity contribution is 0.0957. The number of rotatable bonds is 7. The molecule has 0 bridgehead atoms. The molecule has 0 radical (unpaired) electrons. The maximum atomic E-state index is 12.4. The zero-order valence-corrected chi connectivity index (χ0v) is 16.9. The first-order chi connectivity index (χ1) is 12.8. The summed E-state index contributed by atoms with van der Waals surface area (Å²) < 4.78 is 2.35. The highest BCUT2D eigenvalue weighted by atomic mass is 32.2. The average Bonchev–Trinajstić information content (AvgIpc) is 3.41. The minimum atomic E-state index is 0.0754. The van der Waals surface area contributed by atoms with Crippen molar-refractivity contribution in [3.63, 3.8) is 0 Å². The molecule has 0 aromatic carbocycles. The zero-order chi connectivity index (χ0) is 17.9. The number of amides is 1. The molecule has 26 heavy (non-hydrogen) atoms. The fourth-order valence-corrected chi connectivity index (χ4v) is 5.87. The first-order valence-corrected chi connectivity index (χ1v) is 11.7. The summed E-state index contributed by atoms with van der Waals surface area (Å²) in [7, 11) is 0. The highest BCUT2D eigenvalue weighted by Gasteiger charge is 2.23. The fraction of sp³-hybridized carbons (Fsp3) is 0.632. The number of aromatic nitrogens is 3. The van der Waals surface area contributed by atoms with E-state index >= 15 is 0 Å². The van der Waals surface area contributed by atoms with E-state index in [0.717, 1.165) is 41.5 Å². The molecule has 0 aliphatic heterocycles. The van der Waals surface area contributed by atoms with E-state index in [2.05, 4.69) is 32.4 Å². The molecular formula is C19H26N4OS2. The number of hydrogen-bond donors (Lipinski definition) is 1. The van der Waals surface area contributed by atoms with E-state index in [9.17, 15) is 4.79 Å². The third-order valence-electron chi connectivity index (χ3n) is 5.44. The van der Waals surface area contributed by atoms with Crippen LogP contribution in [0.1, 0.15) is 70.5 Å². The van der Waals surface area contributed by atoms with Gasteiger partial charge in [-0.15, -0.1) is 21.5 Å². The van der Waals surface area contributed by atoms with Gasteiger partial charge in [-0.25, -0.2) is 0 Å². The van der Waals surface area contributed by atoms with Crippen molar-refractivity contribution in [2.75, 3.05) is 12.8 Å². The van der Waals surface area contributed by atoms with E-state index in [4.69, 9.17) is 0 Å². The number of carbonyl (C=O) groups excluding carboxylic acids is 1. The Hall–Kier alpha value is -1.34. The van der Waals surface area contributed by atoms with Crippen LogP contribution >= 0.6 is 23.1 Å². The van der Waals surface area contributed by atoms with Crippen LogP contribution in [0.2, 0.25) is 0 Å². The standard InChI is InChI=1S/C19H26N4OS2/c1-25-19-22-21-17(23(19)14-7-2-3-8-14)10-5-11-20-18(24)16-12-13-6-4-9-15(13)26-16/h12,14H,2-11H2,1H3,(H,20,24). The minimum absolute atomic E-state index is 0.0754. The summed E-state index contributed by atoms with van der Waals surface area (Å²) in [6.45, 7) is 0.688. The van der Waals surface area contributed by atoms with Crippen molar-refractivity contribution in [1.82, 2.24) is 20.1 Å². The Balaban J connectivity index is 1.30. The van der Waals surface area contributed by atoms with Crippen molar-refractivity contribution >= 4 is 29.0 Å². The number of nitrogens with zero attached hydrogens (tertiary/aromatic N) is 3. The molecule has 2 aliphatic carbocycles. The van der Waals surface area contributed by atoms with Gasteiger partial charge in [0.2, 0.25) is 0 Å². The number of thiophene rings is 1. The van der Waals surface area contributed by atoms with Gasteiger partial charge in [-0.1, -0.05) is 24.6 Å². The molecule has 0 spiro atoms. The van der Waals surface area contributed by atoms with E-state index in [0.29, 0.717) is 12.6 Å². The highest BCUT2D eigenvalue weighted by Crippen LogP contribution is 2.33. The van der Waals surface area contributed by atoms with Crippen LogP contribution in [0.15, 0.2) is 11.2 Å². The van der Waals surface area contributed by atoms with Crippen LogP contribution in [0, 0.1) is 0 Å². The van der Waals surface area contributed by atoms with Crippen molar-refractivity contribution in [3.05, 3.63) is 27.2 Å². The van der Waals surface area contributed by atoms with Crippen molar-refractivity contribution in [2.45, 2.75) is 69.0 Å². The quantitative estimate of drug-likeness (QED) is 0.573. The minimum Gasteiger partial charge on any atom is -0.351 e. The number of hydrogen-bond acceptors (Lipinski definition) is 5. The molecular weight excluding hydrogens is 364 g/mol. The molecule has 7 heteroatoms. The SMILES string of the molecule is CSc1nnc(CCCNC(=O)c2cc3c(s2)CCC3)n1C1CCCC1. The van der Waals surface area contributed by atoms with E-state index in [1.807, 2.05) is 0 Å². The first kappa shape index (κ1) is 18.0. The second-order valence-electron chi connectivity index (χ2n) is 7.18. The molecule has 0 unspecified atom stereocenters. The van der Waals surface area contributed by atoms with Gasteiger partial charge in [-0.2, -0.15) is 0 Å². The predicted octanol–water partition coefficient (Wildman–Crippen LogP) is 4.03. The number of nitrogens with one attached hydrogen (secondary N) is 1. The lowest BCUT2D eigenvalue weighted by Crippen LogP contribution is -2.24. The Labute approximate surface area is 163 Å². The Kier molecular flexibility index (Phi) is 5.64. The summed E-state index contributed by atoms with van der Waals surface area (Å²) in [6.07, 6.45) is 12.4. The normalized spacial score (nSPS) is 17.0. The topological polar surface area (TPSA) is 59.8 Å². The van der Waals surface area contributed by atoms with Gasteiger partial charge in [0, 0.05) is 23.9 Å². The molecule has 1 amide bonds. The van der Waals surface area contributed by atoms with Gasteiger partial charge in [-0.05, 0) is 56.4 Å². The van der Waals surface area contributed by atoms with Gasteiger partial charge in [0.1, 0.15) is 5.82 Å². The Morgan fingerprint density at radius 3 is 2.92 bits per heavy atom. The van der Waals surface area contributed by atoms with Gasteiger partial charge in [0.15, 0.2) is 5.16 Å². The first-order valence-electron chi connectivity index (χ1n) is 9.64. The third kappa shape index (κ3) is 3.69. The summed E-state index contributed by atoms with van der Waals surface area (Å²) in [6, 6.07) is 2.65. The van der Waals surface area contributed by atoms with Crippen molar-refractivity contribution < 1.29 is 4.79 Å². The maximum Gasteiger partial charge on any atom is 0.261 e. The number of aryl methyl sites for hydroxylation is 3. The molecule has 2 aliphatic rings. The summed E-state index contributed by atoms with van der Waals surface area (Å²) in [5.41, 5.74) is 1.38. The molecule has 1 fully saturated rings. The van der Waals surface area contributed by atoms with Gasteiger partial charge in [0.05, 0.1) is 4.88 Å². The summed E-state index contributed by atoms with van der Waals surface area (Å²) >= 11 is 3.35. The van der Waals surface area contributed by atoms with E-state index in [-0.39, 0.29) is 5.91 Å². The maximum absolute atomic E-state index is 12.4. The zero-order valence-electron chi connectivity index (χ0n) is 15.3. The van der Waals surface area contributed by atoms with E-state index in [1.165, 1.54) is 42.5 Å². The van der Waals surface area contributed by atoms with Gasteiger partial charge in [-0.3, -0.25) is 4.79 Å². The molecule has 1 N–H and O–H groups in total. The van der Waals surface area contributed by atoms with Crippen molar-refractivity contribution in [1.29, 1.82) is 0 Å². The smallest absolute Gasteiger partial charge is 0.261 e. The second-order valence-corrected chi connectivity index (χ2v) is 9.09. The van der Waals surface area contributed by atoms with Crippen LogP contribution < -0.4 is 5.32 Å². The van der Waals surface area contributed by atoms with Crippen LogP contribution in [0.25, 0.3) is 0 Å². The molecule has 4 rings (SSSR count). The van der Waals surface area contributed by atoms with Gasteiger partial charge >= 0.3 is 0 Å². The number of thioether (sulfide) groups is 1. The molecule has 5 nitrogen and oxygen atoms in total. The van der Waals surface area contributed by atoms with Gasteiger partial charge < -0.3 is 9.88 Å². The molecule has 1 saturated carbocycles. The fourth-order valence-electron chi connectivity index (χ4n) is 4.12. The summed E-state index contributed by atoms with van der Waals surface area (Å²) in [4.78, 5) is 14.6. The Bertz CT molecular complexity index is 755. The van der Waals surface area contributed by atoms with E-state index < -0.39 is 0 Å². The summed E-state index contributed by atoms with van der Waals surface area (Å²) in [5.74, 6) is 1.15. The Morgan fingerprint density at radius 2 is 2.15 bits per heavy atom. The molecule has 0 atom stereocenters. The monoisotopic (exact) mass is 390 g/mol. The molecule has 2 aromatic heterocycles. The lowest BCUT2D eigenvalue weighted by Gasteiger charge is -2.16. The number of fused-ring (bicyclic) bond motifs is 1. The highest BCUT2D eigenvalue weighted by molar-refractivity contribution is 7.98.